The third-order valence-electron chi connectivity index (χ3n) is 4.35. The Balaban J connectivity index is 1.80. The minimum Gasteiger partial charge on any atom is -0.462 e. The van der Waals surface area contributed by atoms with Gasteiger partial charge >= 0.3 is 5.97 Å². The Hall–Kier alpha value is -3.19. The van der Waals surface area contributed by atoms with Crippen molar-refractivity contribution in [2.24, 2.45) is 0 Å². The summed E-state index contributed by atoms with van der Waals surface area (Å²) in [5.74, 6) is -0.755. The van der Waals surface area contributed by atoms with Crippen molar-refractivity contribution in [3.8, 4) is 5.69 Å². The lowest BCUT2D eigenvalue weighted by Gasteiger charge is -2.11. The van der Waals surface area contributed by atoms with Crippen molar-refractivity contribution >= 4 is 29.2 Å². The van der Waals surface area contributed by atoms with E-state index < -0.39 is 0 Å². The van der Waals surface area contributed by atoms with Crippen LogP contribution in [0.3, 0.4) is 0 Å². The summed E-state index contributed by atoms with van der Waals surface area (Å²) in [4.78, 5) is 24.8. The first-order valence-electron chi connectivity index (χ1n) is 9.70. The van der Waals surface area contributed by atoms with E-state index in [9.17, 15) is 9.59 Å². The molecule has 0 unspecified atom stereocenters. The van der Waals surface area contributed by atoms with E-state index in [2.05, 4.69) is 15.6 Å². The molecule has 3 rings (SSSR count). The van der Waals surface area contributed by atoms with E-state index in [1.807, 2.05) is 32.9 Å². The molecule has 2 aromatic carbocycles. The van der Waals surface area contributed by atoms with Crippen LogP contribution in [0.4, 0.5) is 5.69 Å². The topological polar surface area (TPSA) is 86.1 Å². The average Bonchev–Trinajstić information content (AvgIpc) is 3.19. The largest absolute Gasteiger partial charge is 0.462 e. The van der Waals surface area contributed by atoms with E-state index >= 15 is 0 Å². The van der Waals surface area contributed by atoms with E-state index in [-0.39, 0.29) is 23.5 Å². The molecular formula is C22H23ClN4O3. The molecular weight excluding hydrogens is 404 g/mol. The molecule has 1 N–H and O–H groups in total. The van der Waals surface area contributed by atoms with Crippen LogP contribution in [0.1, 0.15) is 59.7 Å². The van der Waals surface area contributed by atoms with Crippen molar-refractivity contribution < 1.29 is 14.3 Å². The van der Waals surface area contributed by atoms with Gasteiger partial charge in [0.2, 0.25) is 0 Å². The van der Waals surface area contributed by atoms with Gasteiger partial charge in [-0.1, -0.05) is 37.6 Å². The van der Waals surface area contributed by atoms with Gasteiger partial charge in [-0.3, -0.25) is 4.79 Å². The molecule has 0 aliphatic heterocycles. The van der Waals surface area contributed by atoms with Crippen LogP contribution in [-0.2, 0) is 4.74 Å². The first kappa shape index (κ1) is 21.5. The van der Waals surface area contributed by atoms with E-state index in [0.29, 0.717) is 28.6 Å². The van der Waals surface area contributed by atoms with E-state index in [1.54, 1.807) is 41.1 Å². The standard InChI is InChI=1S/C22H23ClN4O3/c1-4-13-30-22(29)15-5-9-17(10-6-15)24-21(28)19-20(14(2)3)27(26-25-19)18-11-7-16(23)8-12-18/h5-12,14H,4,13H2,1-3H3,(H,24,28). The van der Waals surface area contributed by atoms with Crippen LogP contribution in [0.25, 0.3) is 5.69 Å². The Morgan fingerprint density at radius 3 is 2.37 bits per heavy atom. The first-order chi connectivity index (χ1) is 14.4. The number of carbonyl (C=O) groups is 2. The monoisotopic (exact) mass is 426 g/mol. The van der Waals surface area contributed by atoms with Crippen molar-refractivity contribution in [1.29, 1.82) is 0 Å². The summed E-state index contributed by atoms with van der Waals surface area (Å²) in [6, 6.07) is 13.7. The molecule has 0 saturated heterocycles. The molecule has 0 saturated carbocycles. The SMILES string of the molecule is CCCOC(=O)c1ccc(NC(=O)c2nnn(-c3ccc(Cl)cc3)c2C(C)C)cc1. The maximum atomic E-state index is 12.9. The molecule has 1 aromatic heterocycles. The van der Waals surface area contributed by atoms with Gasteiger partial charge in [-0.25, -0.2) is 9.48 Å². The molecule has 0 bridgehead atoms. The molecule has 8 heteroatoms. The Labute approximate surface area is 180 Å². The van der Waals surface area contributed by atoms with Gasteiger partial charge in [-0.05, 0) is 60.9 Å². The first-order valence-corrected chi connectivity index (χ1v) is 10.1. The highest BCUT2D eigenvalue weighted by Gasteiger charge is 2.23. The van der Waals surface area contributed by atoms with Crippen LogP contribution >= 0.6 is 11.6 Å². The number of hydrogen-bond acceptors (Lipinski definition) is 5. The molecule has 0 spiro atoms. The second-order valence-electron chi connectivity index (χ2n) is 7.03. The number of hydrogen-bond donors (Lipinski definition) is 1. The van der Waals surface area contributed by atoms with Crippen molar-refractivity contribution in [3.63, 3.8) is 0 Å². The van der Waals surface area contributed by atoms with Gasteiger partial charge in [0.1, 0.15) is 0 Å². The minimum absolute atomic E-state index is 0.00661. The number of amides is 1. The number of nitrogens with zero attached hydrogens (tertiary/aromatic N) is 3. The van der Waals surface area contributed by atoms with Gasteiger partial charge in [0.25, 0.3) is 5.91 Å². The smallest absolute Gasteiger partial charge is 0.338 e. The normalized spacial score (nSPS) is 10.8. The number of ether oxygens (including phenoxy) is 1. The summed E-state index contributed by atoms with van der Waals surface area (Å²) in [5.41, 5.74) is 2.67. The van der Waals surface area contributed by atoms with Crippen LogP contribution in [-0.4, -0.2) is 33.5 Å². The van der Waals surface area contributed by atoms with Gasteiger partial charge in [0, 0.05) is 10.7 Å². The fraction of sp³-hybridized carbons (Fsp3) is 0.273. The third kappa shape index (κ3) is 4.86. The second-order valence-corrected chi connectivity index (χ2v) is 7.47. The highest BCUT2D eigenvalue weighted by atomic mass is 35.5. The number of benzene rings is 2. The average molecular weight is 427 g/mol. The quantitative estimate of drug-likeness (QED) is 0.545. The molecule has 1 amide bonds. The van der Waals surface area contributed by atoms with Crippen LogP contribution in [0.5, 0.6) is 0 Å². The summed E-state index contributed by atoms with van der Waals surface area (Å²) in [6.45, 7) is 6.25. The van der Waals surface area contributed by atoms with Crippen molar-refractivity contribution in [1.82, 2.24) is 15.0 Å². The maximum absolute atomic E-state index is 12.9. The van der Waals surface area contributed by atoms with Crippen molar-refractivity contribution in [2.75, 3.05) is 11.9 Å². The van der Waals surface area contributed by atoms with Crippen LogP contribution in [0.2, 0.25) is 5.02 Å². The summed E-state index contributed by atoms with van der Waals surface area (Å²) in [5, 5.41) is 11.7. The second kappa shape index (κ2) is 9.54. The molecule has 7 nitrogen and oxygen atoms in total. The predicted molar refractivity (Wildman–Crippen MR) is 115 cm³/mol. The van der Waals surface area contributed by atoms with E-state index in [4.69, 9.17) is 16.3 Å². The van der Waals surface area contributed by atoms with Crippen LogP contribution < -0.4 is 5.32 Å². The molecule has 1 heterocycles. The third-order valence-corrected chi connectivity index (χ3v) is 4.61. The fourth-order valence-electron chi connectivity index (χ4n) is 2.90. The molecule has 156 valence electrons. The van der Waals surface area contributed by atoms with Crippen LogP contribution in [0.15, 0.2) is 48.5 Å². The Morgan fingerprint density at radius 2 is 1.77 bits per heavy atom. The minimum atomic E-state index is -0.386. The Morgan fingerprint density at radius 1 is 1.10 bits per heavy atom. The lowest BCUT2D eigenvalue weighted by molar-refractivity contribution is 0.0505. The lowest BCUT2D eigenvalue weighted by Crippen LogP contribution is -2.16. The van der Waals surface area contributed by atoms with Crippen LogP contribution in [0, 0.1) is 0 Å². The number of esters is 1. The highest BCUT2D eigenvalue weighted by molar-refractivity contribution is 6.30. The zero-order valence-electron chi connectivity index (χ0n) is 17.1. The molecule has 30 heavy (non-hydrogen) atoms. The molecule has 0 aliphatic rings. The van der Waals surface area contributed by atoms with Gasteiger partial charge in [0.15, 0.2) is 5.69 Å². The van der Waals surface area contributed by atoms with E-state index in [1.165, 1.54) is 0 Å². The molecule has 0 atom stereocenters. The maximum Gasteiger partial charge on any atom is 0.338 e. The highest BCUT2D eigenvalue weighted by Crippen LogP contribution is 2.23. The zero-order chi connectivity index (χ0) is 21.7. The number of halogens is 1. The molecule has 0 radical (unpaired) electrons. The number of rotatable bonds is 7. The van der Waals surface area contributed by atoms with Gasteiger partial charge in [0.05, 0.1) is 23.6 Å². The zero-order valence-corrected chi connectivity index (χ0v) is 17.8. The molecule has 3 aromatic rings. The summed E-state index contributed by atoms with van der Waals surface area (Å²) in [6.07, 6.45) is 0.759. The number of nitrogens with one attached hydrogen (secondary N) is 1. The number of carbonyl (C=O) groups excluding carboxylic acids is 2. The van der Waals surface area contributed by atoms with E-state index in [0.717, 1.165) is 12.1 Å². The Bertz CT molecular complexity index is 1030. The Kier molecular flexibility index (Phi) is 6.84. The number of anilines is 1. The van der Waals surface area contributed by atoms with Gasteiger partial charge in [-0.15, -0.1) is 5.10 Å². The van der Waals surface area contributed by atoms with Crippen molar-refractivity contribution in [2.45, 2.75) is 33.1 Å². The summed E-state index contributed by atoms with van der Waals surface area (Å²) >= 11 is 5.96. The predicted octanol–water partition coefficient (Wildman–Crippen LogP) is 4.86. The molecule has 0 aliphatic carbocycles. The molecule has 0 fully saturated rings. The van der Waals surface area contributed by atoms with Gasteiger partial charge in [-0.2, -0.15) is 0 Å². The lowest BCUT2D eigenvalue weighted by atomic mass is 10.1. The summed E-state index contributed by atoms with van der Waals surface area (Å²) in [7, 11) is 0. The summed E-state index contributed by atoms with van der Waals surface area (Å²) < 4.78 is 6.75. The van der Waals surface area contributed by atoms with Crippen molar-refractivity contribution in [3.05, 3.63) is 70.5 Å². The fourth-order valence-corrected chi connectivity index (χ4v) is 3.03. The number of aromatic nitrogens is 3. The van der Waals surface area contributed by atoms with Gasteiger partial charge < -0.3 is 10.1 Å².